The van der Waals surface area contributed by atoms with Gasteiger partial charge in [-0.05, 0) is 60.9 Å². The average Bonchev–Trinajstić information content (AvgIpc) is 3.27. The average molecular weight is 516 g/mol. The standard InChI is InChI=1S/C30H33N3O5/c1-36-26-16-20(17-27(37-2)28(26)38-3)19-31-29(34)21-14-15-25-24(18-21)30(35)33(23-12-8-5-9-13-23)32(25)22-10-6-4-7-11-22/h5,8-9,12-18,22H,4,6-7,10-11,19H2,1-3H3,(H,31,34). The van der Waals surface area contributed by atoms with Gasteiger partial charge >= 0.3 is 0 Å². The number of rotatable bonds is 8. The van der Waals surface area contributed by atoms with Crippen LogP contribution in [0.1, 0.15) is 54.1 Å². The Labute approximate surface area is 221 Å². The number of methoxy groups -OCH3 is 3. The predicted octanol–water partition coefficient (Wildman–Crippen LogP) is 5.25. The lowest BCUT2D eigenvalue weighted by atomic mass is 9.95. The largest absolute Gasteiger partial charge is 0.493 e. The Morgan fingerprint density at radius 1 is 0.895 bits per heavy atom. The summed E-state index contributed by atoms with van der Waals surface area (Å²) >= 11 is 0. The Morgan fingerprint density at radius 2 is 1.58 bits per heavy atom. The molecule has 0 unspecified atom stereocenters. The number of hydrogen-bond acceptors (Lipinski definition) is 5. The zero-order valence-electron chi connectivity index (χ0n) is 22.0. The predicted molar refractivity (Wildman–Crippen MR) is 147 cm³/mol. The number of nitrogens with zero attached hydrogens (tertiary/aromatic N) is 2. The summed E-state index contributed by atoms with van der Waals surface area (Å²) in [5.41, 5.74) is 2.79. The normalized spacial score (nSPS) is 13.9. The van der Waals surface area contributed by atoms with Crippen molar-refractivity contribution >= 4 is 16.8 Å². The summed E-state index contributed by atoms with van der Waals surface area (Å²) in [4.78, 5) is 26.9. The van der Waals surface area contributed by atoms with Gasteiger partial charge in [0.25, 0.3) is 11.5 Å². The molecule has 38 heavy (non-hydrogen) atoms. The van der Waals surface area contributed by atoms with Crippen LogP contribution in [0, 0.1) is 0 Å². The Morgan fingerprint density at radius 3 is 2.21 bits per heavy atom. The topological polar surface area (TPSA) is 83.7 Å². The number of amides is 1. The highest BCUT2D eigenvalue weighted by molar-refractivity contribution is 5.98. The molecule has 4 aromatic rings. The van der Waals surface area contributed by atoms with Gasteiger partial charge in [-0.25, -0.2) is 4.68 Å². The first-order valence-electron chi connectivity index (χ1n) is 13.0. The Balaban J connectivity index is 1.47. The summed E-state index contributed by atoms with van der Waals surface area (Å²) in [5, 5.41) is 3.49. The van der Waals surface area contributed by atoms with Crippen LogP contribution < -0.4 is 25.1 Å². The number of ether oxygens (including phenoxy) is 3. The molecule has 0 atom stereocenters. The molecule has 198 valence electrons. The second-order valence-electron chi connectivity index (χ2n) is 9.54. The molecule has 1 fully saturated rings. The lowest BCUT2D eigenvalue weighted by Gasteiger charge is -2.26. The Kier molecular flexibility index (Phi) is 7.40. The third-order valence-corrected chi connectivity index (χ3v) is 7.24. The number of carbonyl (C=O) groups is 1. The first-order chi connectivity index (χ1) is 18.5. The molecule has 3 aromatic carbocycles. The number of aromatic nitrogens is 2. The van der Waals surface area contributed by atoms with Crippen LogP contribution in [0.5, 0.6) is 17.2 Å². The molecule has 0 aliphatic heterocycles. The van der Waals surface area contributed by atoms with Gasteiger partial charge in [0.05, 0.1) is 44.0 Å². The lowest BCUT2D eigenvalue weighted by molar-refractivity contribution is 0.0951. The number of carbonyl (C=O) groups excluding carboxylic acids is 1. The highest BCUT2D eigenvalue weighted by atomic mass is 16.5. The van der Waals surface area contributed by atoms with Crippen LogP contribution >= 0.6 is 0 Å². The van der Waals surface area contributed by atoms with Crippen molar-refractivity contribution < 1.29 is 19.0 Å². The van der Waals surface area contributed by atoms with Gasteiger partial charge in [0, 0.05) is 12.1 Å². The fourth-order valence-electron chi connectivity index (χ4n) is 5.39. The summed E-state index contributed by atoms with van der Waals surface area (Å²) in [6.07, 6.45) is 5.59. The fraction of sp³-hybridized carbons (Fsp3) is 0.333. The summed E-state index contributed by atoms with van der Waals surface area (Å²) in [6, 6.07) is 19.0. The number of benzene rings is 3. The molecule has 0 spiro atoms. The number of fused-ring (bicyclic) bond motifs is 1. The van der Waals surface area contributed by atoms with Gasteiger partial charge in [-0.3, -0.25) is 14.3 Å². The number of para-hydroxylation sites is 1. The maximum Gasteiger partial charge on any atom is 0.279 e. The summed E-state index contributed by atoms with van der Waals surface area (Å²) < 4.78 is 20.1. The van der Waals surface area contributed by atoms with Crippen molar-refractivity contribution in [2.45, 2.75) is 44.7 Å². The van der Waals surface area contributed by atoms with Crippen molar-refractivity contribution in [1.29, 1.82) is 0 Å². The maximum absolute atomic E-state index is 13.7. The summed E-state index contributed by atoms with van der Waals surface area (Å²) in [5.74, 6) is 1.26. The van der Waals surface area contributed by atoms with Gasteiger partial charge in [-0.1, -0.05) is 37.5 Å². The minimum atomic E-state index is -0.267. The van der Waals surface area contributed by atoms with E-state index in [2.05, 4.69) is 10.00 Å². The molecule has 8 heteroatoms. The van der Waals surface area contributed by atoms with Crippen molar-refractivity contribution in [3.05, 3.63) is 82.1 Å². The first-order valence-corrected chi connectivity index (χ1v) is 13.0. The Hall–Kier alpha value is -4.20. The van der Waals surface area contributed by atoms with Gasteiger partial charge in [-0.2, -0.15) is 0 Å². The van der Waals surface area contributed by atoms with Gasteiger partial charge in [0.2, 0.25) is 5.75 Å². The molecule has 0 saturated heterocycles. The second-order valence-corrected chi connectivity index (χ2v) is 9.54. The van der Waals surface area contributed by atoms with Gasteiger partial charge in [-0.15, -0.1) is 0 Å². The number of hydrogen-bond donors (Lipinski definition) is 1. The van der Waals surface area contributed by atoms with Gasteiger partial charge < -0.3 is 19.5 Å². The van der Waals surface area contributed by atoms with Crippen molar-refractivity contribution in [3.8, 4) is 22.9 Å². The molecule has 1 aromatic heterocycles. The molecule has 5 rings (SSSR count). The SMILES string of the molecule is COc1cc(CNC(=O)c2ccc3c(c2)c(=O)n(-c2ccccc2)n3C2CCCCC2)cc(OC)c1OC. The van der Waals surface area contributed by atoms with Crippen molar-refractivity contribution in [2.75, 3.05) is 21.3 Å². The molecular weight excluding hydrogens is 482 g/mol. The highest BCUT2D eigenvalue weighted by Gasteiger charge is 2.24. The van der Waals surface area contributed by atoms with Gasteiger partial charge in [0.15, 0.2) is 11.5 Å². The fourth-order valence-corrected chi connectivity index (χ4v) is 5.39. The molecule has 1 N–H and O–H groups in total. The second kappa shape index (κ2) is 11.0. The van der Waals surface area contributed by atoms with E-state index in [1.165, 1.54) is 6.42 Å². The van der Waals surface area contributed by atoms with E-state index >= 15 is 0 Å². The Bertz CT molecular complexity index is 1470. The van der Waals surface area contributed by atoms with Crippen LogP contribution in [-0.4, -0.2) is 36.6 Å². The zero-order chi connectivity index (χ0) is 26.6. The van der Waals surface area contributed by atoms with E-state index in [0.29, 0.717) is 28.2 Å². The van der Waals surface area contributed by atoms with E-state index in [1.807, 2.05) is 36.4 Å². The van der Waals surface area contributed by atoms with Crippen molar-refractivity contribution in [3.63, 3.8) is 0 Å². The van der Waals surface area contributed by atoms with Gasteiger partial charge in [0.1, 0.15) is 0 Å². The summed E-state index contributed by atoms with van der Waals surface area (Å²) in [6.45, 7) is 0.255. The molecule has 0 bridgehead atoms. The highest BCUT2D eigenvalue weighted by Crippen LogP contribution is 2.38. The van der Waals surface area contributed by atoms with E-state index < -0.39 is 0 Å². The van der Waals surface area contributed by atoms with Crippen molar-refractivity contribution in [1.82, 2.24) is 14.7 Å². The zero-order valence-corrected chi connectivity index (χ0v) is 22.0. The molecule has 1 aliphatic rings. The maximum atomic E-state index is 13.7. The van der Waals surface area contributed by atoms with Crippen LogP contribution in [0.25, 0.3) is 16.6 Å². The van der Waals surface area contributed by atoms with Crippen LogP contribution in [-0.2, 0) is 6.54 Å². The molecule has 0 radical (unpaired) electrons. The monoisotopic (exact) mass is 515 g/mol. The van der Waals surface area contributed by atoms with Crippen LogP contribution in [0.2, 0.25) is 0 Å². The van der Waals surface area contributed by atoms with E-state index in [4.69, 9.17) is 14.2 Å². The smallest absolute Gasteiger partial charge is 0.279 e. The van der Waals surface area contributed by atoms with Crippen LogP contribution in [0.15, 0.2) is 65.5 Å². The van der Waals surface area contributed by atoms with Crippen LogP contribution in [0.3, 0.4) is 0 Å². The first kappa shape index (κ1) is 25.4. The number of nitrogens with one attached hydrogen (secondary N) is 1. The van der Waals surface area contributed by atoms with E-state index in [1.54, 1.807) is 50.3 Å². The third kappa shape index (κ3) is 4.74. The quantitative estimate of drug-likeness (QED) is 0.346. The minimum Gasteiger partial charge on any atom is -0.493 e. The molecule has 1 amide bonds. The van der Waals surface area contributed by atoms with Crippen molar-refractivity contribution in [2.24, 2.45) is 0 Å². The molecule has 1 aliphatic carbocycles. The lowest BCUT2D eigenvalue weighted by Crippen LogP contribution is -2.25. The molecular formula is C30H33N3O5. The van der Waals surface area contributed by atoms with E-state index in [9.17, 15) is 9.59 Å². The molecule has 1 saturated carbocycles. The summed E-state index contributed by atoms with van der Waals surface area (Å²) in [7, 11) is 4.65. The third-order valence-electron chi connectivity index (χ3n) is 7.24. The molecule has 8 nitrogen and oxygen atoms in total. The minimum absolute atomic E-state index is 0.115. The van der Waals surface area contributed by atoms with E-state index in [-0.39, 0.29) is 24.1 Å². The molecule has 1 heterocycles. The van der Waals surface area contributed by atoms with Crippen LogP contribution in [0.4, 0.5) is 0 Å². The van der Waals surface area contributed by atoms with E-state index in [0.717, 1.165) is 42.5 Å².